The number of aliphatic hydroxyl groups excluding tert-OH is 1. The maximum Gasteiger partial charge on any atom is 0.416 e. The fraction of sp³-hybridized carbons (Fsp3) is 0.520. The van der Waals surface area contributed by atoms with Crippen molar-refractivity contribution in [2.45, 2.75) is 55.6 Å². The molecule has 0 heterocycles. The molecule has 1 aliphatic rings. The molecule has 0 bridgehead atoms. The second-order valence-corrected chi connectivity index (χ2v) is 9.16. The van der Waals surface area contributed by atoms with Crippen molar-refractivity contribution in [3.05, 3.63) is 70.8 Å². The molecule has 1 fully saturated rings. The van der Waals surface area contributed by atoms with Gasteiger partial charge in [-0.1, -0.05) is 30.3 Å². The summed E-state index contributed by atoms with van der Waals surface area (Å²) in [6, 6.07) is 11.3. The van der Waals surface area contributed by atoms with E-state index in [1.54, 1.807) is 0 Å². The van der Waals surface area contributed by atoms with Gasteiger partial charge in [-0.25, -0.2) is 0 Å². The average molecular weight is 490 g/mol. The van der Waals surface area contributed by atoms with Crippen molar-refractivity contribution < 1.29 is 36.2 Å². The summed E-state index contributed by atoms with van der Waals surface area (Å²) < 4.78 is 85.6. The molecule has 0 saturated heterocycles. The van der Waals surface area contributed by atoms with Gasteiger partial charge in [0.1, 0.15) is 6.10 Å². The largest absolute Gasteiger partial charge is 0.416 e. The Hall–Kier alpha value is -2.10. The third-order valence-electron chi connectivity index (χ3n) is 6.74. The molecule has 3 rings (SSSR count). The highest BCUT2D eigenvalue weighted by molar-refractivity contribution is 5.35. The molecule has 1 atom stereocenters. The van der Waals surface area contributed by atoms with Crippen molar-refractivity contribution in [3.63, 3.8) is 0 Å². The van der Waals surface area contributed by atoms with Gasteiger partial charge < -0.3 is 14.7 Å². The summed E-state index contributed by atoms with van der Waals surface area (Å²) >= 11 is 0. The van der Waals surface area contributed by atoms with Crippen LogP contribution in [0, 0.1) is 0 Å². The topological polar surface area (TPSA) is 32.7 Å². The highest BCUT2D eigenvalue weighted by atomic mass is 19.4. The molecular weight excluding hydrogens is 460 g/mol. The molecule has 1 unspecified atom stereocenters. The molecule has 0 radical (unpaired) electrons. The zero-order valence-corrected chi connectivity index (χ0v) is 19.1. The molecule has 2 aromatic rings. The van der Waals surface area contributed by atoms with Gasteiger partial charge in [0.2, 0.25) is 0 Å². The van der Waals surface area contributed by atoms with E-state index in [0.29, 0.717) is 18.2 Å². The third-order valence-corrected chi connectivity index (χ3v) is 6.74. The predicted molar refractivity (Wildman–Crippen MR) is 116 cm³/mol. The molecule has 1 N–H and O–H groups in total. The molecular formula is C25H29F6NO2. The van der Waals surface area contributed by atoms with Gasteiger partial charge in [-0.3, -0.25) is 0 Å². The first kappa shape index (κ1) is 26.5. The van der Waals surface area contributed by atoms with Gasteiger partial charge in [-0.2, -0.15) is 26.3 Å². The zero-order chi connectivity index (χ0) is 25.1. The summed E-state index contributed by atoms with van der Waals surface area (Å²) in [6.07, 6.45) is -8.02. The van der Waals surface area contributed by atoms with E-state index in [9.17, 15) is 31.4 Å². The van der Waals surface area contributed by atoms with Gasteiger partial charge >= 0.3 is 12.4 Å². The molecule has 2 aromatic carbocycles. The smallest absolute Gasteiger partial charge is 0.393 e. The Balaban J connectivity index is 1.90. The van der Waals surface area contributed by atoms with Crippen molar-refractivity contribution in [3.8, 4) is 0 Å². The first-order chi connectivity index (χ1) is 15.9. The van der Waals surface area contributed by atoms with E-state index < -0.39 is 41.6 Å². The minimum Gasteiger partial charge on any atom is -0.393 e. The van der Waals surface area contributed by atoms with Crippen LogP contribution in [0.1, 0.15) is 54.0 Å². The summed E-state index contributed by atoms with van der Waals surface area (Å²) in [6.45, 7) is -0.677. The Morgan fingerprint density at radius 1 is 0.941 bits per heavy atom. The van der Waals surface area contributed by atoms with Gasteiger partial charge in [-0.05, 0) is 69.1 Å². The second kappa shape index (κ2) is 10.3. The van der Waals surface area contributed by atoms with Crippen LogP contribution in [-0.2, 0) is 22.5 Å². The van der Waals surface area contributed by atoms with Gasteiger partial charge in [0.15, 0.2) is 0 Å². The van der Waals surface area contributed by atoms with Gasteiger partial charge in [0, 0.05) is 11.5 Å². The molecule has 0 aromatic heterocycles. The quantitative estimate of drug-likeness (QED) is 0.469. The van der Waals surface area contributed by atoms with Crippen molar-refractivity contribution in [2.75, 3.05) is 27.3 Å². The van der Waals surface area contributed by atoms with Crippen LogP contribution in [0.3, 0.4) is 0 Å². The lowest BCUT2D eigenvalue weighted by atomic mass is 9.68. The number of alkyl halides is 6. The third kappa shape index (κ3) is 6.12. The van der Waals surface area contributed by atoms with E-state index in [-0.39, 0.29) is 18.2 Å². The van der Waals surface area contributed by atoms with E-state index in [0.717, 1.165) is 31.2 Å². The predicted octanol–water partition coefficient (Wildman–Crippen LogP) is 6.22. The summed E-state index contributed by atoms with van der Waals surface area (Å²) in [7, 11) is 4.01. The number of nitrogens with zero attached hydrogens (tertiary/aromatic N) is 1. The molecule has 0 aliphatic heterocycles. The van der Waals surface area contributed by atoms with Crippen LogP contribution in [0.15, 0.2) is 48.5 Å². The van der Waals surface area contributed by atoms with Crippen molar-refractivity contribution in [1.29, 1.82) is 0 Å². The molecule has 188 valence electrons. The minimum atomic E-state index is -4.97. The van der Waals surface area contributed by atoms with Crippen LogP contribution >= 0.6 is 0 Å². The second-order valence-electron chi connectivity index (χ2n) is 9.16. The van der Waals surface area contributed by atoms with Crippen LogP contribution in [0.2, 0.25) is 0 Å². The Labute approximate surface area is 195 Å². The average Bonchev–Trinajstić information content (AvgIpc) is 2.79. The number of hydrogen-bond donors (Lipinski definition) is 1. The maximum absolute atomic E-state index is 13.3. The van der Waals surface area contributed by atoms with E-state index >= 15 is 0 Å². The zero-order valence-electron chi connectivity index (χ0n) is 19.1. The van der Waals surface area contributed by atoms with Crippen molar-refractivity contribution in [1.82, 2.24) is 4.90 Å². The van der Waals surface area contributed by atoms with E-state index in [2.05, 4.69) is 4.90 Å². The number of halogens is 6. The number of aliphatic hydroxyl groups is 1. The lowest BCUT2D eigenvalue weighted by Gasteiger charge is -2.43. The number of hydrogen-bond acceptors (Lipinski definition) is 3. The highest BCUT2D eigenvalue weighted by Gasteiger charge is 2.40. The first-order valence-corrected chi connectivity index (χ1v) is 11.1. The number of benzene rings is 2. The number of ether oxygens (including phenoxy) is 1. The fourth-order valence-corrected chi connectivity index (χ4v) is 4.66. The van der Waals surface area contributed by atoms with Crippen molar-refractivity contribution in [2.24, 2.45) is 0 Å². The van der Waals surface area contributed by atoms with Crippen LogP contribution in [0.4, 0.5) is 26.3 Å². The van der Waals surface area contributed by atoms with E-state index in [1.165, 1.54) is 0 Å². The fourth-order valence-electron chi connectivity index (χ4n) is 4.66. The Bertz CT molecular complexity index is 902. The standard InChI is InChI=1S/C25H29F6NO2/c1-32(2)21-8-10-23(11-9-21,18-6-4-3-5-7-18)16-34-22(15-33)17-12-19(24(26,27)28)14-20(13-17)25(29,30)31/h3-7,12-14,21-22,33H,8-11,15-16H2,1-2H3. The Morgan fingerprint density at radius 3 is 1.91 bits per heavy atom. The molecule has 1 saturated carbocycles. The monoisotopic (exact) mass is 489 g/mol. The molecule has 0 spiro atoms. The van der Waals surface area contributed by atoms with Gasteiger partial charge in [0.05, 0.1) is 24.3 Å². The van der Waals surface area contributed by atoms with Crippen LogP contribution < -0.4 is 0 Å². The lowest BCUT2D eigenvalue weighted by molar-refractivity contribution is -0.143. The first-order valence-electron chi connectivity index (χ1n) is 11.1. The van der Waals surface area contributed by atoms with Crippen molar-refractivity contribution >= 4 is 0 Å². The van der Waals surface area contributed by atoms with Gasteiger partial charge in [0.25, 0.3) is 0 Å². The molecule has 1 aliphatic carbocycles. The summed E-state index contributed by atoms with van der Waals surface area (Å²) in [4.78, 5) is 2.15. The van der Waals surface area contributed by atoms with E-state index in [1.807, 2.05) is 44.4 Å². The normalized spacial score (nSPS) is 22.7. The lowest BCUT2D eigenvalue weighted by Crippen LogP contribution is -2.42. The van der Waals surface area contributed by atoms with Crippen LogP contribution in [-0.4, -0.2) is 43.4 Å². The maximum atomic E-state index is 13.3. The van der Waals surface area contributed by atoms with Crippen LogP contribution in [0.5, 0.6) is 0 Å². The Kier molecular flexibility index (Phi) is 7.99. The minimum absolute atomic E-state index is 0.0694. The molecule has 34 heavy (non-hydrogen) atoms. The number of rotatable bonds is 7. The summed E-state index contributed by atoms with van der Waals surface area (Å²) in [5.41, 5.74) is -2.65. The summed E-state index contributed by atoms with van der Waals surface area (Å²) in [5, 5.41) is 9.87. The summed E-state index contributed by atoms with van der Waals surface area (Å²) in [5.74, 6) is 0. The van der Waals surface area contributed by atoms with Gasteiger partial charge in [-0.15, -0.1) is 0 Å². The highest BCUT2D eigenvalue weighted by Crippen LogP contribution is 2.43. The SMILES string of the molecule is CN(C)C1CCC(COC(CO)c2cc(C(F)(F)F)cc(C(F)(F)F)c2)(c2ccccc2)CC1. The molecule has 3 nitrogen and oxygen atoms in total. The van der Waals surface area contributed by atoms with E-state index in [4.69, 9.17) is 4.74 Å². The van der Waals surface area contributed by atoms with Crippen LogP contribution in [0.25, 0.3) is 0 Å². The molecule has 9 heteroatoms. The Morgan fingerprint density at radius 2 is 1.47 bits per heavy atom. The molecule has 0 amide bonds.